The summed E-state index contributed by atoms with van der Waals surface area (Å²) in [7, 11) is 1.73. The summed E-state index contributed by atoms with van der Waals surface area (Å²) < 4.78 is 5.30. The van der Waals surface area contributed by atoms with E-state index in [2.05, 4.69) is 24.0 Å². The van der Waals surface area contributed by atoms with Crippen LogP contribution in [-0.2, 0) is 12.8 Å². The fraction of sp³-hybridized carbons (Fsp3) is 0.429. The molecule has 1 heterocycles. The first-order valence-corrected chi connectivity index (χ1v) is 5.95. The summed E-state index contributed by atoms with van der Waals surface area (Å²) >= 11 is 0. The van der Waals surface area contributed by atoms with E-state index in [1.165, 1.54) is 41.4 Å². The molecular formula is C14H17NO. The summed E-state index contributed by atoms with van der Waals surface area (Å²) in [5.74, 6) is 1.75. The molecule has 84 valence electrons. The predicted molar refractivity (Wildman–Crippen MR) is 66.0 cm³/mol. The summed E-state index contributed by atoms with van der Waals surface area (Å²) in [5.41, 5.74) is 4.19. The third kappa shape index (κ3) is 1.41. The number of hydrogen-bond acceptors (Lipinski definition) is 1. The predicted octanol–water partition coefficient (Wildman–Crippen LogP) is 3.30. The fourth-order valence-corrected chi connectivity index (χ4v) is 2.70. The molecule has 0 amide bonds. The zero-order valence-electron chi connectivity index (χ0n) is 9.84. The van der Waals surface area contributed by atoms with Gasteiger partial charge in [0.1, 0.15) is 5.75 Å². The van der Waals surface area contributed by atoms with Crippen LogP contribution in [0, 0.1) is 5.92 Å². The number of aryl methyl sites for hydroxylation is 1. The highest BCUT2D eigenvalue weighted by molar-refractivity contribution is 5.86. The SMILES string of the molecule is COc1ccc2[nH]c3c(c2c1)C[C@H](C)CC3. The lowest BCUT2D eigenvalue weighted by molar-refractivity contribution is 0.415. The number of nitrogens with one attached hydrogen (secondary N) is 1. The largest absolute Gasteiger partial charge is 0.497 e. The van der Waals surface area contributed by atoms with E-state index in [0.717, 1.165) is 11.7 Å². The van der Waals surface area contributed by atoms with Gasteiger partial charge in [0.15, 0.2) is 0 Å². The van der Waals surface area contributed by atoms with Gasteiger partial charge in [0.05, 0.1) is 7.11 Å². The summed E-state index contributed by atoms with van der Waals surface area (Å²) in [5, 5.41) is 1.35. The number of hydrogen-bond donors (Lipinski definition) is 1. The Morgan fingerprint density at radius 2 is 2.25 bits per heavy atom. The van der Waals surface area contributed by atoms with Crippen molar-refractivity contribution >= 4 is 10.9 Å². The third-order valence-electron chi connectivity index (χ3n) is 3.64. The Bertz CT molecular complexity index is 527. The van der Waals surface area contributed by atoms with Crippen molar-refractivity contribution in [3.05, 3.63) is 29.5 Å². The van der Waals surface area contributed by atoms with E-state index >= 15 is 0 Å². The van der Waals surface area contributed by atoms with E-state index in [-0.39, 0.29) is 0 Å². The number of H-pyrrole nitrogens is 1. The molecule has 0 unspecified atom stereocenters. The Morgan fingerprint density at radius 3 is 3.06 bits per heavy atom. The molecular weight excluding hydrogens is 198 g/mol. The van der Waals surface area contributed by atoms with Gasteiger partial charge in [-0.15, -0.1) is 0 Å². The van der Waals surface area contributed by atoms with Gasteiger partial charge in [-0.1, -0.05) is 6.92 Å². The van der Waals surface area contributed by atoms with E-state index < -0.39 is 0 Å². The highest BCUT2D eigenvalue weighted by atomic mass is 16.5. The minimum Gasteiger partial charge on any atom is -0.497 e. The van der Waals surface area contributed by atoms with E-state index in [9.17, 15) is 0 Å². The highest BCUT2D eigenvalue weighted by Gasteiger charge is 2.19. The zero-order chi connectivity index (χ0) is 11.1. The van der Waals surface area contributed by atoms with Crippen molar-refractivity contribution in [2.75, 3.05) is 7.11 Å². The van der Waals surface area contributed by atoms with Crippen LogP contribution in [0.5, 0.6) is 5.75 Å². The molecule has 0 saturated heterocycles. The smallest absolute Gasteiger partial charge is 0.119 e. The number of rotatable bonds is 1. The third-order valence-corrected chi connectivity index (χ3v) is 3.64. The van der Waals surface area contributed by atoms with Crippen LogP contribution in [0.3, 0.4) is 0 Å². The Labute approximate surface area is 95.6 Å². The van der Waals surface area contributed by atoms with Crippen LogP contribution in [0.1, 0.15) is 24.6 Å². The van der Waals surface area contributed by atoms with E-state index in [0.29, 0.717) is 0 Å². The molecule has 1 aliphatic carbocycles. The molecule has 2 nitrogen and oxygen atoms in total. The fourth-order valence-electron chi connectivity index (χ4n) is 2.70. The molecule has 1 aliphatic rings. The lowest BCUT2D eigenvalue weighted by Crippen LogP contribution is -2.09. The first-order chi connectivity index (χ1) is 7.78. The second-order valence-electron chi connectivity index (χ2n) is 4.84. The average Bonchev–Trinajstić information content (AvgIpc) is 2.66. The van der Waals surface area contributed by atoms with Gasteiger partial charge in [0.25, 0.3) is 0 Å². The lowest BCUT2D eigenvalue weighted by atomic mass is 9.88. The molecule has 0 aliphatic heterocycles. The normalized spacial score (nSPS) is 19.8. The van der Waals surface area contributed by atoms with Crippen molar-refractivity contribution in [1.82, 2.24) is 4.98 Å². The van der Waals surface area contributed by atoms with E-state index in [4.69, 9.17) is 4.74 Å². The molecule has 0 bridgehead atoms. The second kappa shape index (κ2) is 3.55. The molecule has 1 N–H and O–H groups in total. The van der Waals surface area contributed by atoms with Gasteiger partial charge in [-0.2, -0.15) is 0 Å². The second-order valence-corrected chi connectivity index (χ2v) is 4.84. The lowest BCUT2D eigenvalue weighted by Gasteiger charge is -2.18. The average molecular weight is 215 g/mol. The van der Waals surface area contributed by atoms with Crippen LogP contribution in [0.4, 0.5) is 0 Å². The summed E-state index contributed by atoms with van der Waals surface area (Å²) in [4.78, 5) is 3.53. The van der Waals surface area contributed by atoms with Crippen LogP contribution in [-0.4, -0.2) is 12.1 Å². The molecule has 0 spiro atoms. The summed E-state index contributed by atoms with van der Waals surface area (Å²) in [6.07, 6.45) is 3.69. The number of aromatic amines is 1. The molecule has 16 heavy (non-hydrogen) atoms. The maximum absolute atomic E-state index is 5.30. The molecule has 0 saturated carbocycles. The van der Waals surface area contributed by atoms with Crippen molar-refractivity contribution in [2.24, 2.45) is 5.92 Å². The van der Waals surface area contributed by atoms with Gasteiger partial charge in [0.2, 0.25) is 0 Å². The van der Waals surface area contributed by atoms with Crippen LogP contribution >= 0.6 is 0 Å². The Hall–Kier alpha value is -1.44. The monoisotopic (exact) mass is 215 g/mol. The zero-order valence-corrected chi connectivity index (χ0v) is 9.84. The molecule has 0 fully saturated rings. The Balaban J connectivity index is 2.20. The molecule has 0 radical (unpaired) electrons. The first-order valence-electron chi connectivity index (χ1n) is 5.95. The van der Waals surface area contributed by atoms with Gasteiger partial charge in [-0.05, 0) is 48.9 Å². The minimum atomic E-state index is 0.803. The van der Waals surface area contributed by atoms with Crippen molar-refractivity contribution < 1.29 is 4.74 Å². The number of aromatic nitrogens is 1. The number of benzene rings is 1. The van der Waals surface area contributed by atoms with Crippen LogP contribution in [0.2, 0.25) is 0 Å². The van der Waals surface area contributed by atoms with E-state index in [1.807, 2.05) is 6.07 Å². The first kappa shape index (κ1) is 9.76. The van der Waals surface area contributed by atoms with Crippen molar-refractivity contribution in [2.45, 2.75) is 26.2 Å². The molecule has 2 aromatic rings. The summed E-state index contributed by atoms with van der Waals surface area (Å²) in [6, 6.07) is 6.30. The van der Waals surface area contributed by atoms with Crippen molar-refractivity contribution in [3.63, 3.8) is 0 Å². The standard InChI is InChI=1S/C14H17NO/c1-9-3-5-13-11(7-9)12-8-10(16-2)4-6-14(12)15-13/h4,6,8-9,15H,3,5,7H2,1-2H3/t9-/m1/s1. The van der Waals surface area contributed by atoms with Crippen molar-refractivity contribution in [1.29, 1.82) is 0 Å². The van der Waals surface area contributed by atoms with Gasteiger partial charge in [-0.25, -0.2) is 0 Å². The van der Waals surface area contributed by atoms with Gasteiger partial charge in [0, 0.05) is 16.6 Å². The maximum Gasteiger partial charge on any atom is 0.119 e. The quantitative estimate of drug-likeness (QED) is 0.775. The van der Waals surface area contributed by atoms with Gasteiger partial charge < -0.3 is 9.72 Å². The van der Waals surface area contributed by atoms with E-state index in [1.54, 1.807) is 7.11 Å². The summed E-state index contributed by atoms with van der Waals surface area (Å²) in [6.45, 7) is 2.34. The van der Waals surface area contributed by atoms with Crippen LogP contribution < -0.4 is 4.74 Å². The molecule has 2 heteroatoms. The topological polar surface area (TPSA) is 25.0 Å². The highest BCUT2D eigenvalue weighted by Crippen LogP contribution is 2.33. The Kier molecular flexibility index (Phi) is 2.16. The number of methoxy groups -OCH3 is 1. The number of ether oxygens (including phenoxy) is 1. The van der Waals surface area contributed by atoms with Gasteiger partial charge >= 0.3 is 0 Å². The van der Waals surface area contributed by atoms with Crippen LogP contribution in [0.15, 0.2) is 18.2 Å². The minimum absolute atomic E-state index is 0.803. The molecule has 1 aromatic heterocycles. The number of fused-ring (bicyclic) bond motifs is 3. The van der Waals surface area contributed by atoms with Crippen molar-refractivity contribution in [3.8, 4) is 5.75 Å². The Morgan fingerprint density at radius 1 is 1.38 bits per heavy atom. The van der Waals surface area contributed by atoms with Gasteiger partial charge in [-0.3, -0.25) is 0 Å². The molecule has 3 rings (SSSR count). The maximum atomic E-state index is 5.30. The molecule has 1 atom stereocenters. The molecule has 1 aromatic carbocycles. The van der Waals surface area contributed by atoms with Crippen LogP contribution in [0.25, 0.3) is 10.9 Å².